The number of halogens is 2. The van der Waals surface area contributed by atoms with Crippen LogP contribution in [0.5, 0.6) is 5.88 Å². The Morgan fingerprint density at radius 2 is 2.18 bits per heavy atom. The normalized spacial score (nSPS) is 16.8. The van der Waals surface area contributed by atoms with Crippen LogP contribution in [0, 0.1) is 0 Å². The van der Waals surface area contributed by atoms with Crippen molar-refractivity contribution in [3.05, 3.63) is 23.9 Å². The highest BCUT2D eigenvalue weighted by molar-refractivity contribution is 5.78. The molecule has 0 atom stereocenters. The Labute approximate surface area is 129 Å². The zero-order valence-electron chi connectivity index (χ0n) is 12.5. The lowest BCUT2D eigenvalue weighted by Gasteiger charge is -2.23. The van der Waals surface area contributed by atoms with Crippen LogP contribution in [0.4, 0.5) is 8.78 Å². The topological polar surface area (TPSA) is 72.5 Å². The van der Waals surface area contributed by atoms with Gasteiger partial charge >= 0.3 is 0 Å². The van der Waals surface area contributed by atoms with Gasteiger partial charge in [-0.15, -0.1) is 0 Å². The Hall–Kier alpha value is -1.92. The molecular formula is C15H22F2N4O. The largest absolute Gasteiger partial charge is 0.471 e. The quantitative estimate of drug-likeness (QED) is 0.625. The molecular weight excluding hydrogens is 290 g/mol. The van der Waals surface area contributed by atoms with Crippen molar-refractivity contribution in [2.45, 2.75) is 51.1 Å². The van der Waals surface area contributed by atoms with E-state index >= 15 is 0 Å². The van der Waals surface area contributed by atoms with Gasteiger partial charge in [-0.2, -0.15) is 0 Å². The van der Waals surface area contributed by atoms with Gasteiger partial charge in [-0.25, -0.2) is 18.8 Å². The maximum Gasteiger partial charge on any atom is 0.272 e. The third-order valence-corrected chi connectivity index (χ3v) is 3.57. The van der Waals surface area contributed by atoms with Gasteiger partial charge in [-0.05, 0) is 18.9 Å². The summed E-state index contributed by atoms with van der Waals surface area (Å²) < 4.78 is 29.4. The first kappa shape index (κ1) is 16.5. The van der Waals surface area contributed by atoms with E-state index in [0.29, 0.717) is 17.6 Å². The summed E-state index contributed by atoms with van der Waals surface area (Å²) in [6, 6.07) is 3.83. The molecule has 0 unspecified atom stereocenters. The monoisotopic (exact) mass is 312 g/mol. The molecule has 0 bridgehead atoms. The molecule has 1 aromatic heterocycles. The standard InChI is InChI=1S/C15H22F2N4O/c16-13(17)10-22-14-11(5-4-8-19-14)9-20-15(18)21-12-6-2-1-3-7-12/h4-5,8,12-13H,1-3,6-7,9-10H2,(H3,18,20,21). The summed E-state index contributed by atoms with van der Waals surface area (Å²) in [5.41, 5.74) is 6.52. The zero-order valence-corrected chi connectivity index (χ0v) is 12.5. The van der Waals surface area contributed by atoms with Crippen molar-refractivity contribution < 1.29 is 13.5 Å². The highest BCUT2D eigenvalue weighted by Crippen LogP contribution is 2.18. The summed E-state index contributed by atoms with van der Waals surface area (Å²) >= 11 is 0. The number of nitrogens with one attached hydrogen (secondary N) is 1. The van der Waals surface area contributed by atoms with Crippen molar-refractivity contribution in [1.29, 1.82) is 0 Å². The summed E-state index contributed by atoms with van der Waals surface area (Å²) in [4.78, 5) is 8.21. The van der Waals surface area contributed by atoms with Gasteiger partial charge in [0.1, 0.15) is 0 Å². The summed E-state index contributed by atoms with van der Waals surface area (Å²) in [5.74, 6) is 0.549. The molecule has 1 heterocycles. The average molecular weight is 312 g/mol. The van der Waals surface area contributed by atoms with Crippen molar-refractivity contribution in [1.82, 2.24) is 10.3 Å². The minimum absolute atomic E-state index is 0.178. The predicted octanol–water partition coefficient (Wildman–Crippen LogP) is 2.46. The molecule has 0 aliphatic heterocycles. The SMILES string of the molecule is NC(=NCc1cccnc1OCC(F)F)NC1CCCCC1. The molecule has 1 aliphatic rings. The molecule has 1 aliphatic carbocycles. The molecule has 5 nitrogen and oxygen atoms in total. The molecule has 0 radical (unpaired) electrons. The number of nitrogens with zero attached hydrogens (tertiary/aromatic N) is 2. The number of aliphatic imine (C=N–C) groups is 1. The number of hydrogen-bond donors (Lipinski definition) is 2. The van der Waals surface area contributed by atoms with Crippen LogP contribution in [-0.4, -0.2) is 30.0 Å². The van der Waals surface area contributed by atoms with Gasteiger partial charge in [0.25, 0.3) is 6.43 Å². The molecule has 2 rings (SSSR count). The van der Waals surface area contributed by atoms with Crippen LogP contribution in [0.15, 0.2) is 23.3 Å². The Bertz CT molecular complexity index is 490. The van der Waals surface area contributed by atoms with Gasteiger partial charge < -0.3 is 15.8 Å². The summed E-state index contributed by atoms with van der Waals surface area (Å²) in [6.45, 7) is -0.429. The minimum atomic E-state index is -2.53. The lowest BCUT2D eigenvalue weighted by Crippen LogP contribution is -2.41. The van der Waals surface area contributed by atoms with E-state index in [1.807, 2.05) is 0 Å². The Kier molecular flexibility index (Phi) is 6.36. The number of hydrogen-bond acceptors (Lipinski definition) is 3. The van der Waals surface area contributed by atoms with Crippen LogP contribution in [-0.2, 0) is 6.54 Å². The second-order valence-corrected chi connectivity index (χ2v) is 5.35. The second kappa shape index (κ2) is 8.51. The van der Waals surface area contributed by atoms with E-state index < -0.39 is 13.0 Å². The van der Waals surface area contributed by atoms with Gasteiger partial charge in [-0.3, -0.25) is 0 Å². The van der Waals surface area contributed by atoms with E-state index in [-0.39, 0.29) is 12.4 Å². The van der Waals surface area contributed by atoms with E-state index in [1.54, 1.807) is 12.1 Å². The van der Waals surface area contributed by atoms with Crippen LogP contribution >= 0.6 is 0 Å². The van der Waals surface area contributed by atoms with Crippen molar-refractivity contribution in [3.8, 4) is 5.88 Å². The fraction of sp³-hybridized carbons (Fsp3) is 0.600. The summed E-state index contributed by atoms with van der Waals surface area (Å²) in [6.07, 6.45) is 4.86. The molecule has 1 fully saturated rings. The smallest absolute Gasteiger partial charge is 0.272 e. The Morgan fingerprint density at radius 3 is 2.91 bits per heavy atom. The number of alkyl halides is 2. The van der Waals surface area contributed by atoms with Gasteiger partial charge in [0.2, 0.25) is 5.88 Å². The van der Waals surface area contributed by atoms with Crippen LogP contribution in [0.25, 0.3) is 0 Å². The fourth-order valence-electron chi connectivity index (χ4n) is 2.49. The maximum atomic E-state index is 12.2. The van der Waals surface area contributed by atoms with Gasteiger partial charge in [0.05, 0.1) is 6.54 Å². The van der Waals surface area contributed by atoms with E-state index in [4.69, 9.17) is 10.5 Å². The highest BCUT2D eigenvalue weighted by atomic mass is 19.3. The van der Waals surface area contributed by atoms with E-state index in [1.165, 1.54) is 25.5 Å². The lowest BCUT2D eigenvalue weighted by atomic mass is 9.96. The molecule has 0 aromatic carbocycles. The van der Waals surface area contributed by atoms with Crippen molar-refractivity contribution in [3.63, 3.8) is 0 Å². The van der Waals surface area contributed by atoms with Crippen molar-refractivity contribution in [2.24, 2.45) is 10.7 Å². The maximum absolute atomic E-state index is 12.2. The molecule has 0 amide bonds. The van der Waals surface area contributed by atoms with E-state index in [0.717, 1.165) is 12.8 Å². The van der Waals surface area contributed by atoms with Crippen molar-refractivity contribution in [2.75, 3.05) is 6.61 Å². The molecule has 0 spiro atoms. The molecule has 0 saturated heterocycles. The van der Waals surface area contributed by atoms with Crippen LogP contribution in [0.1, 0.15) is 37.7 Å². The number of guanidine groups is 1. The predicted molar refractivity (Wildman–Crippen MR) is 81.1 cm³/mol. The molecule has 3 N–H and O–H groups in total. The van der Waals surface area contributed by atoms with Crippen molar-refractivity contribution >= 4 is 5.96 Å². The number of aromatic nitrogens is 1. The van der Waals surface area contributed by atoms with Crippen LogP contribution < -0.4 is 15.8 Å². The minimum Gasteiger partial charge on any atom is -0.471 e. The molecule has 1 aromatic rings. The number of rotatable bonds is 6. The first-order valence-corrected chi connectivity index (χ1v) is 7.56. The highest BCUT2D eigenvalue weighted by Gasteiger charge is 2.13. The number of ether oxygens (including phenoxy) is 1. The molecule has 122 valence electrons. The first-order valence-electron chi connectivity index (χ1n) is 7.56. The third kappa shape index (κ3) is 5.46. The van der Waals surface area contributed by atoms with E-state index in [9.17, 15) is 8.78 Å². The van der Waals surface area contributed by atoms with Gasteiger partial charge in [0, 0.05) is 17.8 Å². The summed E-state index contributed by atoms with van der Waals surface area (Å²) in [7, 11) is 0. The molecule has 1 saturated carbocycles. The van der Waals surface area contributed by atoms with Crippen LogP contribution in [0.3, 0.4) is 0 Å². The second-order valence-electron chi connectivity index (χ2n) is 5.35. The Balaban J connectivity index is 1.90. The third-order valence-electron chi connectivity index (χ3n) is 3.57. The lowest BCUT2D eigenvalue weighted by molar-refractivity contribution is 0.0791. The number of pyridine rings is 1. The Morgan fingerprint density at radius 1 is 1.41 bits per heavy atom. The zero-order chi connectivity index (χ0) is 15.8. The van der Waals surface area contributed by atoms with Gasteiger partial charge in [0.15, 0.2) is 12.6 Å². The first-order chi connectivity index (χ1) is 10.6. The molecule has 22 heavy (non-hydrogen) atoms. The fourth-order valence-corrected chi connectivity index (χ4v) is 2.49. The van der Waals surface area contributed by atoms with E-state index in [2.05, 4.69) is 15.3 Å². The van der Waals surface area contributed by atoms with Gasteiger partial charge in [-0.1, -0.05) is 25.3 Å². The summed E-state index contributed by atoms with van der Waals surface area (Å²) in [5, 5.41) is 3.21. The molecule has 7 heteroatoms. The number of nitrogens with two attached hydrogens (primary N) is 1. The van der Waals surface area contributed by atoms with Crippen LogP contribution in [0.2, 0.25) is 0 Å². The average Bonchev–Trinajstić information content (AvgIpc) is 2.52.